The fourth-order valence-electron chi connectivity index (χ4n) is 2.79. The van der Waals surface area contributed by atoms with E-state index in [9.17, 15) is 0 Å². The third kappa shape index (κ3) is 4.25. The van der Waals surface area contributed by atoms with Crippen LogP contribution < -0.4 is 9.47 Å². The maximum Gasteiger partial charge on any atom is 0.161 e. The SMILES string of the molecule is CCCCCCOc1ccc(-c2nc3cc(Cl)c(Cl)cc3[nH]2)cc1OC. The number of ether oxygens (including phenoxy) is 2. The number of aromatic nitrogens is 2. The molecule has 0 amide bonds. The van der Waals surface area contributed by atoms with Gasteiger partial charge in [0.2, 0.25) is 0 Å². The number of aromatic amines is 1. The van der Waals surface area contributed by atoms with Crippen molar-refractivity contribution in [2.24, 2.45) is 0 Å². The number of rotatable bonds is 8. The van der Waals surface area contributed by atoms with E-state index in [4.69, 9.17) is 32.7 Å². The zero-order chi connectivity index (χ0) is 18.5. The minimum atomic E-state index is 0.488. The summed E-state index contributed by atoms with van der Waals surface area (Å²) < 4.78 is 11.4. The lowest BCUT2D eigenvalue weighted by molar-refractivity contribution is 0.285. The second-order valence-electron chi connectivity index (χ2n) is 6.14. The van der Waals surface area contributed by atoms with Gasteiger partial charge >= 0.3 is 0 Å². The van der Waals surface area contributed by atoms with Crippen LogP contribution in [0.1, 0.15) is 32.6 Å². The number of methoxy groups -OCH3 is 1. The van der Waals surface area contributed by atoms with Crippen LogP contribution in [0.15, 0.2) is 30.3 Å². The largest absolute Gasteiger partial charge is 0.493 e. The van der Waals surface area contributed by atoms with Crippen molar-refractivity contribution in [3.05, 3.63) is 40.4 Å². The molecule has 1 heterocycles. The highest BCUT2D eigenvalue weighted by molar-refractivity contribution is 6.42. The lowest BCUT2D eigenvalue weighted by atomic mass is 10.2. The van der Waals surface area contributed by atoms with Crippen molar-refractivity contribution in [2.75, 3.05) is 13.7 Å². The molecule has 6 heteroatoms. The van der Waals surface area contributed by atoms with Crippen molar-refractivity contribution in [1.82, 2.24) is 9.97 Å². The van der Waals surface area contributed by atoms with Crippen LogP contribution in [-0.2, 0) is 0 Å². The Morgan fingerprint density at radius 1 is 1.00 bits per heavy atom. The second-order valence-corrected chi connectivity index (χ2v) is 6.96. The van der Waals surface area contributed by atoms with Crippen molar-refractivity contribution in [2.45, 2.75) is 32.6 Å². The molecular weight excluding hydrogens is 371 g/mol. The van der Waals surface area contributed by atoms with Gasteiger partial charge in [0.1, 0.15) is 5.82 Å². The van der Waals surface area contributed by atoms with Gasteiger partial charge in [-0.2, -0.15) is 0 Å². The summed E-state index contributed by atoms with van der Waals surface area (Å²) in [6, 6.07) is 9.33. The average Bonchev–Trinajstić information content (AvgIpc) is 3.04. The van der Waals surface area contributed by atoms with E-state index in [1.54, 1.807) is 19.2 Å². The molecule has 0 aliphatic heterocycles. The highest BCUT2D eigenvalue weighted by atomic mass is 35.5. The molecule has 0 bridgehead atoms. The summed E-state index contributed by atoms with van der Waals surface area (Å²) in [6.07, 6.45) is 4.68. The number of H-pyrrole nitrogens is 1. The maximum absolute atomic E-state index is 6.08. The molecule has 0 unspecified atom stereocenters. The van der Waals surface area contributed by atoms with Gasteiger partial charge in [0, 0.05) is 5.56 Å². The third-order valence-corrected chi connectivity index (χ3v) is 4.94. The fraction of sp³-hybridized carbons (Fsp3) is 0.350. The predicted molar refractivity (Wildman–Crippen MR) is 108 cm³/mol. The number of benzene rings is 2. The van der Waals surface area contributed by atoms with Crippen LogP contribution in [-0.4, -0.2) is 23.7 Å². The van der Waals surface area contributed by atoms with Crippen LogP contribution in [0.5, 0.6) is 11.5 Å². The summed E-state index contributed by atoms with van der Waals surface area (Å²) >= 11 is 12.1. The Balaban J connectivity index is 1.80. The molecule has 26 heavy (non-hydrogen) atoms. The van der Waals surface area contributed by atoms with Gasteiger partial charge < -0.3 is 14.5 Å². The molecule has 2 aromatic carbocycles. The molecular formula is C20H22Cl2N2O2. The normalized spacial score (nSPS) is 11.1. The van der Waals surface area contributed by atoms with E-state index in [-0.39, 0.29) is 0 Å². The molecule has 1 aromatic heterocycles. The van der Waals surface area contributed by atoms with Gasteiger partial charge in [-0.05, 0) is 36.8 Å². The number of hydrogen-bond donors (Lipinski definition) is 1. The first-order valence-electron chi connectivity index (χ1n) is 8.78. The molecule has 0 fully saturated rings. The van der Waals surface area contributed by atoms with Crippen molar-refractivity contribution in [1.29, 1.82) is 0 Å². The lowest BCUT2D eigenvalue weighted by Gasteiger charge is -2.11. The second kappa shape index (κ2) is 8.65. The summed E-state index contributed by atoms with van der Waals surface area (Å²) in [5, 5.41) is 0.986. The molecule has 0 aliphatic carbocycles. The molecule has 0 atom stereocenters. The van der Waals surface area contributed by atoms with Crippen LogP contribution in [0.25, 0.3) is 22.4 Å². The van der Waals surface area contributed by atoms with Gasteiger partial charge in [0.05, 0.1) is 34.8 Å². The minimum absolute atomic E-state index is 0.488. The van der Waals surface area contributed by atoms with Gasteiger partial charge in [0.25, 0.3) is 0 Å². The minimum Gasteiger partial charge on any atom is -0.493 e. The van der Waals surface area contributed by atoms with Gasteiger partial charge in [-0.25, -0.2) is 4.98 Å². The van der Waals surface area contributed by atoms with Gasteiger partial charge in [-0.15, -0.1) is 0 Å². The van der Waals surface area contributed by atoms with E-state index in [1.807, 2.05) is 18.2 Å². The van der Waals surface area contributed by atoms with Crippen molar-refractivity contribution in [3.63, 3.8) is 0 Å². The Bertz CT molecular complexity index is 854. The van der Waals surface area contributed by atoms with Crippen LogP contribution in [0.4, 0.5) is 0 Å². The topological polar surface area (TPSA) is 47.1 Å². The zero-order valence-corrected chi connectivity index (χ0v) is 16.5. The molecule has 0 saturated heterocycles. The van der Waals surface area contributed by atoms with E-state index in [0.29, 0.717) is 22.4 Å². The highest BCUT2D eigenvalue weighted by Gasteiger charge is 2.12. The van der Waals surface area contributed by atoms with E-state index in [2.05, 4.69) is 16.9 Å². The summed E-state index contributed by atoms with van der Waals surface area (Å²) in [5.74, 6) is 2.16. The number of nitrogens with zero attached hydrogens (tertiary/aromatic N) is 1. The molecule has 138 valence electrons. The summed E-state index contributed by atoms with van der Waals surface area (Å²) in [4.78, 5) is 7.86. The summed E-state index contributed by atoms with van der Waals surface area (Å²) in [7, 11) is 1.64. The van der Waals surface area contributed by atoms with Crippen molar-refractivity contribution in [3.8, 4) is 22.9 Å². The van der Waals surface area contributed by atoms with Crippen molar-refractivity contribution < 1.29 is 9.47 Å². The number of unbranched alkanes of at least 4 members (excludes halogenated alkanes) is 3. The van der Waals surface area contributed by atoms with Crippen LogP contribution in [0, 0.1) is 0 Å². The molecule has 1 N–H and O–H groups in total. The summed E-state index contributed by atoms with van der Waals surface area (Å²) in [6.45, 7) is 2.89. The Labute approximate surface area is 163 Å². The fourth-order valence-corrected chi connectivity index (χ4v) is 3.11. The smallest absolute Gasteiger partial charge is 0.161 e. The standard InChI is InChI=1S/C20H22Cl2N2O2/c1-3-4-5-6-9-26-18-8-7-13(10-19(18)25-2)20-23-16-11-14(21)15(22)12-17(16)24-20/h7-8,10-12H,3-6,9H2,1-2H3,(H,23,24). The molecule has 3 aromatic rings. The Morgan fingerprint density at radius 2 is 1.81 bits per heavy atom. The van der Waals surface area contributed by atoms with Gasteiger partial charge in [-0.1, -0.05) is 49.4 Å². The Hall–Kier alpha value is -1.91. The number of fused-ring (bicyclic) bond motifs is 1. The molecule has 0 radical (unpaired) electrons. The first-order valence-corrected chi connectivity index (χ1v) is 9.54. The average molecular weight is 393 g/mol. The number of hydrogen-bond acceptors (Lipinski definition) is 3. The number of halogens is 2. The predicted octanol–water partition coefficient (Wildman–Crippen LogP) is 6.50. The van der Waals surface area contributed by atoms with Crippen LogP contribution in [0.2, 0.25) is 10.0 Å². The first kappa shape index (κ1) is 18.9. The quantitative estimate of drug-likeness (QED) is 0.444. The third-order valence-electron chi connectivity index (χ3n) is 4.22. The monoisotopic (exact) mass is 392 g/mol. The number of nitrogens with one attached hydrogen (secondary N) is 1. The lowest BCUT2D eigenvalue weighted by Crippen LogP contribution is -1.99. The first-order chi connectivity index (χ1) is 12.6. The van der Waals surface area contributed by atoms with Crippen molar-refractivity contribution >= 4 is 34.2 Å². The molecule has 0 aliphatic rings. The van der Waals surface area contributed by atoms with Gasteiger partial charge in [-0.3, -0.25) is 0 Å². The number of imidazole rings is 1. The van der Waals surface area contributed by atoms with Crippen LogP contribution in [0.3, 0.4) is 0 Å². The Morgan fingerprint density at radius 3 is 2.58 bits per heavy atom. The zero-order valence-electron chi connectivity index (χ0n) is 14.9. The van der Waals surface area contributed by atoms with E-state index in [0.717, 1.165) is 34.6 Å². The van der Waals surface area contributed by atoms with E-state index >= 15 is 0 Å². The molecule has 0 spiro atoms. The van der Waals surface area contributed by atoms with Gasteiger partial charge in [0.15, 0.2) is 11.5 Å². The molecule has 0 saturated carbocycles. The Kier molecular flexibility index (Phi) is 6.28. The summed E-state index contributed by atoms with van der Waals surface area (Å²) in [5.41, 5.74) is 2.51. The molecule has 3 rings (SSSR count). The highest BCUT2D eigenvalue weighted by Crippen LogP contribution is 2.33. The maximum atomic E-state index is 6.08. The van der Waals surface area contributed by atoms with E-state index in [1.165, 1.54) is 19.3 Å². The van der Waals surface area contributed by atoms with Crippen LogP contribution >= 0.6 is 23.2 Å². The van der Waals surface area contributed by atoms with E-state index < -0.39 is 0 Å². The molecule has 4 nitrogen and oxygen atoms in total.